The molecule has 0 aliphatic heterocycles. The van der Waals surface area contributed by atoms with Crippen LogP contribution in [0, 0.1) is 6.92 Å². The summed E-state index contributed by atoms with van der Waals surface area (Å²) in [6.45, 7) is 3.18. The summed E-state index contributed by atoms with van der Waals surface area (Å²) in [4.78, 5) is 10.6. The molecular weight excluding hydrogens is 212 g/mol. The van der Waals surface area contributed by atoms with Gasteiger partial charge in [0.2, 0.25) is 11.8 Å². The lowest BCUT2D eigenvalue weighted by molar-refractivity contribution is -0.114. The Balaban J connectivity index is 2.87. The first-order valence-electron chi connectivity index (χ1n) is 3.00. The molecule has 0 aliphatic rings. The van der Waals surface area contributed by atoms with Gasteiger partial charge in [-0.25, -0.2) is 0 Å². The maximum atomic E-state index is 10.6. The Bertz CT molecular complexity index is 282. The van der Waals surface area contributed by atoms with E-state index in [-0.39, 0.29) is 5.91 Å². The fraction of sp³-hybridized carbons (Fsp3) is 0.333. The number of nitrogens with one attached hydrogen (secondary N) is 1. The monoisotopic (exact) mass is 218 g/mol. The summed E-state index contributed by atoms with van der Waals surface area (Å²) < 4.78 is 5.46. The molecule has 1 amide bonds. The molecular formula is C6H7BrN2O2. The average Bonchev–Trinajstić information content (AvgIpc) is 2.18. The lowest BCUT2D eigenvalue weighted by Gasteiger charge is -1.93. The third-order valence-electron chi connectivity index (χ3n) is 1.08. The fourth-order valence-electron chi connectivity index (χ4n) is 0.596. The van der Waals surface area contributed by atoms with E-state index in [1.807, 2.05) is 0 Å². The van der Waals surface area contributed by atoms with Crippen molar-refractivity contribution in [3.8, 4) is 0 Å². The molecule has 60 valence electrons. The number of rotatable bonds is 1. The zero-order valence-electron chi connectivity index (χ0n) is 6.14. The van der Waals surface area contributed by atoms with Crippen molar-refractivity contribution in [1.29, 1.82) is 0 Å². The minimum atomic E-state index is -0.179. The number of halogens is 1. The van der Waals surface area contributed by atoms with Gasteiger partial charge in [0.15, 0.2) is 0 Å². The zero-order chi connectivity index (χ0) is 8.43. The second-order valence-corrected chi connectivity index (χ2v) is 2.89. The summed E-state index contributed by atoms with van der Waals surface area (Å²) in [6, 6.07) is 0. The van der Waals surface area contributed by atoms with E-state index < -0.39 is 0 Å². The molecule has 1 rings (SSSR count). The molecule has 1 heterocycles. The molecule has 0 spiro atoms. The van der Waals surface area contributed by atoms with Crippen molar-refractivity contribution in [3.63, 3.8) is 0 Å². The van der Waals surface area contributed by atoms with Gasteiger partial charge < -0.3 is 4.52 Å². The third kappa shape index (κ3) is 1.80. The van der Waals surface area contributed by atoms with Crippen molar-refractivity contribution < 1.29 is 9.32 Å². The van der Waals surface area contributed by atoms with Crippen LogP contribution in [0.3, 0.4) is 0 Å². The Labute approximate surface area is 72.1 Å². The highest BCUT2D eigenvalue weighted by Gasteiger charge is 2.09. The highest BCUT2D eigenvalue weighted by Crippen LogP contribution is 2.24. The molecule has 4 nitrogen and oxygen atoms in total. The molecule has 0 saturated heterocycles. The van der Waals surface area contributed by atoms with Crippen molar-refractivity contribution in [3.05, 3.63) is 10.2 Å². The molecule has 0 bridgehead atoms. The fourth-order valence-corrected chi connectivity index (χ4v) is 0.840. The Morgan fingerprint density at radius 3 is 2.73 bits per heavy atom. The van der Waals surface area contributed by atoms with Crippen LogP contribution in [0.2, 0.25) is 0 Å². The summed E-state index contributed by atoms with van der Waals surface area (Å²) in [7, 11) is 0. The van der Waals surface area contributed by atoms with Crippen molar-refractivity contribution in [2.45, 2.75) is 13.8 Å². The second-order valence-electron chi connectivity index (χ2n) is 2.09. The van der Waals surface area contributed by atoms with Crippen LogP contribution >= 0.6 is 15.9 Å². The predicted molar refractivity (Wildman–Crippen MR) is 43.2 cm³/mol. The van der Waals surface area contributed by atoms with Crippen LogP contribution in [0.25, 0.3) is 0 Å². The van der Waals surface area contributed by atoms with Crippen LogP contribution in [0.5, 0.6) is 0 Å². The number of carbonyl (C=O) groups excluding carboxylic acids is 1. The van der Waals surface area contributed by atoms with E-state index in [4.69, 9.17) is 4.52 Å². The Hall–Kier alpha value is -0.840. The van der Waals surface area contributed by atoms with Crippen LogP contribution < -0.4 is 5.32 Å². The smallest absolute Gasteiger partial charge is 0.245 e. The average molecular weight is 219 g/mol. The largest absolute Gasteiger partial charge is 0.337 e. The molecule has 1 N–H and O–H groups in total. The number of carbonyl (C=O) groups is 1. The lowest BCUT2D eigenvalue weighted by atomic mass is 10.5. The predicted octanol–water partition coefficient (Wildman–Crippen LogP) is 1.70. The number of amides is 1. The minimum absolute atomic E-state index is 0.179. The maximum absolute atomic E-state index is 10.6. The first-order valence-corrected chi connectivity index (χ1v) is 3.80. The second kappa shape index (κ2) is 3.04. The van der Waals surface area contributed by atoms with Crippen molar-refractivity contribution >= 4 is 27.7 Å². The minimum Gasteiger partial charge on any atom is -0.337 e. The van der Waals surface area contributed by atoms with E-state index in [9.17, 15) is 4.79 Å². The number of hydrogen-bond donors (Lipinski definition) is 1. The summed E-state index contributed by atoms with van der Waals surface area (Å²) in [5.41, 5.74) is 0.716. The quantitative estimate of drug-likeness (QED) is 0.781. The number of anilines is 1. The normalized spacial score (nSPS) is 9.73. The molecule has 0 saturated carbocycles. The SMILES string of the molecule is CC(=O)Nc1onc(C)c1Br. The van der Waals surface area contributed by atoms with Crippen LogP contribution in [0.1, 0.15) is 12.6 Å². The van der Waals surface area contributed by atoms with Gasteiger partial charge in [0.1, 0.15) is 4.47 Å². The number of aromatic nitrogens is 1. The molecule has 1 aromatic rings. The van der Waals surface area contributed by atoms with Crippen LogP contribution in [-0.4, -0.2) is 11.1 Å². The Morgan fingerprint density at radius 2 is 2.36 bits per heavy atom. The van der Waals surface area contributed by atoms with Crippen LogP contribution in [0.4, 0.5) is 5.88 Å². The van der Waals surface area contributed by atoms with Crippen LogP contribution in [-0.2, 0) is 4.79 Å². The molecule has 0 atom stereocenters. The van der Waals surface area contributed by atoms with Gasteiger partial charge in [0.25, 0.3) is 0 Å². The van der Waals surface area contributed by atoms with Crippen molar-refractivity contribution in [2.75, 3.05) is 5.32 Å². The van der Waals surface area contributed by atoms with Crippen LogP contribution in [0.15, 0.2) is 9.00 Å². The molecule has 5 heteroatoms. The Kier molecular flexibility index (Phi) is 2.28. The van der Waals surface area contributed by atoms with Gasteiger partial charge in [-0.15, -0.1) is 0 Å². The number of aryl methyl sites for hydroxylation is 1. The van der Waals surface area contributed by atoms with E-state index in [1.54, 1.807) is 6.92 Å². The van der Waals surface area contributed by atoms with Crippen molar-refractivity contribution in [1.82, 2.24) is 5.16 Å². The number of nitrogens with zero attached hydrogens (tertiary/aromatic N) is 1. The van der Waals surface area contributed by atoms with Gasteiger partial charge in [-0.2, -0.15) is 0 Å². The van der Waals surface area contributed by atoms with E-state index >= 15 is 0 Å². The van der Waals surface area contributed by atoms with Gasteiger partial charge in [-0.05, 0) is 22.9 Å². The van der Waals surface area contributed by atoms with Gasteiger partial charge in [-0.1, -0.05) is 5.16 Å². The van der Waals surface area contributed by atoms with Gasteiger partial charge in [0.05, 0.1) is 5.69 Å². The van der Waals surface area contributed by atoms with Crippen molar-refractivity contribution in [2.24, 2.45) is 0 Å². The highest BCUT2D eigenvalue weighted by atomic mass is 79.9. The number of hydrogen-bond acceptors (Lipinski definition) is 3. The molecule has 0 aromatic carbocycles. The highest BCUT2D eigenvalue weighted by molar-refractivity contribution is 9.10. The van der Waals surface area contributed by atoms with E-state index in [0.717, 1.165) is 0 Å². The van der Waals surface area contributed by atoms with Gasteiger partial charge in [-0.3, -0.25) is 10.1 Å². The molecule has 0 radical (unpaired) electrons. The lowest BCUT2D eigenvalue weighted by Crippen LogP contribution is -2.04. The molecule has 0 unspecified atom stereocenters. The van der Waals surface area contributed by atoms with E-state index in [0.29, 0.717) is 16.1 Å². The first kappa shape index (κ1) is 8.26. The topological polar surface area (TPSA) is 55.1 Å². The van der Waals surface area contributed by atoms with Gasteiger partial charge in [0, 0.05) is 6.92 Å². The molecule has 0 fully saturated rings. The summed E-state index contributed by atoms with van der Waals surface area (Å²) in [5.74, 6) is 0.178. The summed E-state index contributed by atoms with van der Waals surface area (Å²) in [6.07, 6.45) is 0. The van der Waals surface area contributed by atoms with Gasteiger partial charge >= 0.3 is 0 Å². The third-order valence-corrected chi connectivity index (χ3v) is 2.01. The van der Waals surface area contributed by atoms with E-state index in [1.165, 1.54) is 6.92 Å². The molecule has 1 aromatic heterocycles. The zero-order valence-corrected chi connectivity index (χ0v) is 7.73. The Morgan fingerprint density at radius 1 is 1.73 bits per heavy atom. The first-order chi connectivity index (χ1) is 5.11. The summed E-state index contributed by atoms with van der Waals surface area (Å²) >= 11 is 3.21. The summed E-state index contributed by atoms with van der Waals surface area (Å²) in [5, 5.41) is 6.11. The molecule has 11 heavy (non-hydrogen) atoms. The maximum Gasteiger partial charge on any atom is 0.245 e. The standard InChI is InChI=1S/C6H7BrN2O2/c1-3-5(7)6(11-9-3)8-4(2)10/h1-2H3,(H,8,10). The van der Waals surface area contributed by atoms with E-state index in [2.05, 4.69) is 26.4 Å². The molecule has 0 aliphatic carbocycles.